The van der Waals surface area contributed by atoms with Gasteiger partial charge >= 0.3 is 0 Å². The molecule has 6 heteroatoms. The van der Waals surface area contributed by atoms with Gasteiger partial charge in [-0.05, 0) is 36.4 Å². The Labute approximate surface area is 240 Å². The summed E-state index contributed by atoms with van der Waals surface area (Å²) in [7, 11) is 0. The smallest absolute Gasteiger partial charge is 0.140 e. The summed E-state index contributed by atoms with van der Waals surface area (Å²) >= 11 is 0. The Bertz CT molecular complexity index is 2060. The van der Waals surface area contributed by atoms with E-state index in [1.807, 2.05) is 109 Å². The van der Waals surface area contributed by atoms with Gasteiger partial charge in [0.2, 0.25) is 0 Å². The van der Waals surface area contributed by atoms with Gasteiger partial charge in [-0.1, -0.05) is 84.9 Å². The maximum atomic E-state index is 10.8. The quantitative estimate of drug-likeness (QED) is 0.231. The largest absolute Gasteiger partial charge is 0.507 e. The first-order valence-electron chi connectivity index (χ1n) is 13.4. The SMILES string of the molecule is Oc1cccc2oc(-c3ccccc3)cc(=Nc3ccccc3N=c3cc(-c4ccccc4)oc4cccc(O)c34)c12. The fourth-order valence-electron chi connectivity index (χ4n) is 4.99. The molecular weight excluding hydrogens is 524 g/mol. The lowest BCUT2D eigenvalue weighted by Crippen LogP contribution is -2.05. The van der Waals surface area contributed by atoms with Crippen molar-refractivity contribution in [2.45, 2.75) is 0 Å². The summed E-state index contributed by atoms with van der Waals surface area (Å²) < 4.78 is 12.3. The van der Waals surface area contributed by atoms with Crippen molar-refractivity contribution < 1.29 is 19.0 Å². The van der Waals surface area contributed by atoms with E-state index in [2.05, 4.69) is 0 Å². The molecule has 42 heavy (non-hydrogen) atoms. The lowest BCUT2D eigenvalue weighted by atomic mass is 10.1. The Morgan fingerprint density at radius 1 is 0.429 bits per heavy atom. The van der Waals surface area contributed by atoms with E-state index in [-0.39, 0.29) is 11.5 Å². The molecule has 0 aliphatic carbocycles. The average molecular weight is 549 g/mol. The van der Waals surface area contributed by atoms with Gasteiger partial charge in [0.25, 0.3) is 0 Å². The third-order valence-electron chi connectivity index (χ3n) is 6.98. The van der Waals surface area contributed by atoms with Crippen LogP contribution in [0.4, 0.5) is 11.4 Å². The third-order valence-corrected chi connectivity index (χ3v) is 6.98. The highest BCUT2D eigenvalue weighted by Crippen LogP contribution is 2.32. The van der Waals surface area contributed by atoms with Crippen molar-refractivity contribution in [3.05, 3.63) is 144 Å². The van der Waals surface area contributed by atoms with Gasteiger partial charge in [-0.15, -0.1) is 0 Å². The lowest BCUT2D eigenvalue weighted by molar-refractivity contribution is 0.479. The topological polar surface area (TPSA) is 91.5 Å². The number of fused-ring (bicyclic) bond motifs is 2. The van der Waals surface area contributed by atoms with E-state index in [0.717, 1.165) is 11.1 Å². The van der Waals surface area contributed by atoms with Crippen molar-refractivity contribution in [3.8, 4) is 34.1 Å². The van der Waals surface area contributed by atoms with Crippen LogP contribution in [0.25, 0.3) is 44.6 Å². The maximum absolute atomic E-state index is 10.8. The van der Waals surface area contributed by atoms with E-state index in [1.165, 1.54) is 0 Å². The molecule has 2 aromatic heterocycles. The molecule has 0 saturated carbocycles. The molecule has 0 saturated heterocycles. The summed E-state index contributed by atoms with van der Waals surface area (Å²) in [5, 5.41) is 23.7. The molecule has 202 valence electrons. The number of nitrogens with zero attached hydrogens (tertiary/aromatic N) is 2. The second-order valence-electron chi connectivity index (χ2n) is 9.74. The molecule has 6 nitrogen and oxygen atoms in total. The zero-order valence-electron chi connectivity index (χ0n) is 22.3. The number of hydrogen-bond donors (Lipinski definition) is 2. The summed E-state index contributed by atoms with van der Waals surface area (Å²) in [6.07, 6.45) is 0. The van der Waals surface area contributed by atoms with Crippen molar-refractivity contribution in [2.24, 2.45) is 9.98 Å². The molecule has 0 aliphatic heterocycles. The molecule has 0 fully saturated rings. The van der Waals surface area contributed by atoms with E-state index >= 15 is 0 Å². The third kappa shape index (κ3) is 4.71. The standard InChI is InChI=1S/C36H24N2O4/c39-29-17-9-19-31-35(29)27(21-33(41-31)23-11-3-1-4-12-23)37-25-15-7-8-16-26(25)38-28-22-34(24-13-5-2-6-14-24)42-32-20-10-18-30(40)36(28)32/h1-22,39-40H. The number of phenolic OH excluding ortho intramolecular Hbond substituents is 2. The molecule has 2 N–H and O–H groups in total. The first-order chi connectivity index (χ1) is 20.6. The molecule has 2 heterocycles. The van der Waals surface area contributed by atoms with Crippen LogP contribution in [0.2, 0.25) is 0 Å². The summed E-state index contributed by atoms with van der Waals surface area (Å²) in [4.78, 5) is 9.99. The second kappa shape index (κ2) is 10.6. The summed E-state index contributed by atoms with van der Waals surface area (Å²) in [6.45, 7) is 0. The molecule has 0 radical (unpaired) electrons. The number of rotatable bonds is 4. The Morgan fingerprint density at radius 3 is 1.26 bits per heavy atom. The molecule has 7 rings (SSSR count). The Kier molecular flexibility index (Phi) is 6.33. The Morgan fingerprint density at radius 2 is 0.833 bits per heavy atom. The van der Waals surface area contributed by atoms with Crippen molar-refractivity contribution in [2.75, 3.05) is 0 Å². The predicted octanol–water partition coefficient (Wildman–Crippen LogP) is 8.39. The van der Waals surface area contributed by atoms with Crippen molar-refractivity contribution >= 4 is 33.3 Å². The molecule has 5 aromatic carbocycles. The Hall–Kier alpha value is -5.88. The zero-order chi connectivity index (χ0) is 28.5. The van der Waals surface area contributed by atoms with E-state index in [9.17, 15) is 10.2 Å². The average Bonchev–Trinajstić information content (AvgIpc) is 3.02. The van der Waals surface area contributed by atoms with Gasteiger partial charge in [0.05, 0.1) is 32.9 Å². The van der Waals surface area contributed by atoms with E-state index in [1.54, 1.807) is 24.3 Å². The fraction of sp³-hybridized carbons (Fsp3) is 0. The lowest BCUT2D eigenvalue weighted by Gasteiger charge is -2.08. The van der Waals surface area contributed by atoms with Gasteiger partial charge in [-0.25, -0.2) is 9.98 Å². The first kappa shape index (κ1) is 25.1. The van der Waals surface area contributed by atoms with E-state index in [0.29, 0.717) is 55.5 Å². The number of benzene rings is 5. The summed E-state index contributed by atoms with van der Waals surface area (Å²) in [5.74, 6) is 1.37. The highest BCUT2D eigenvalue weighted by atomic mass is 16.3. The van der Waals surface area contributed by atoms with Crippen LogP contribution in [0.15, 0.2) is 152 Å². The molecule has 0 aliphatic rings. The summed E-state index contributed by atoms with van der Waals surface area (Å²) in [6, 6.07) is 41.0. The van der Waals surface area contributed by atoms with Gasteiger partial charge in [-0.3, -0.25) is 0 Å². The van der Waals surface area contributed by atoms with Crippen LogP contribution in [0.1, 0.15) is 0 Å². The van der Waals surface area contributed by atoms with Crippen LogP contribution in [0.5, 0.6) is 11.5 Å². The fourth-order valence-corrected chi connectivity index (χ4v) is 4.99. The number of para-hydroxylation sites is 2. The minimum Gasteiger partial charge on any atom is -0.507 e. The minimum atomic E-state index is 0.0668. The normalized spacial score (nSPS) is 12.3. The monoisotopic (exact) mass is 548 g/mol. The van der Waals surface area contributed by atoms with Crippen LogP contribution in [-0.2, 0) is 0 Å². The molecular formula is C36H24N2O4. The van der Waals surface area contributed by atoms with Crippen LogP contribution in [-0.4, -0.2) is 10.2 Å². The maximum Gasteiger partial charge on any atom is 0.140 e. The molecule has 0 amide bonds. The van der Waals surface area contributed by atoms with Gasteiger partial charge in [-0.2, -0.15) is 0 Å². The Balaban J connectivity index is 1.49. The number of phenols is 2. The van der Waals surface area contributed by atoms with Gasteiger partial charge < -0.3 is 19.0 Å². The number of hydrogen-bond acceptors (Lipinski definition) is 6. The highest BCUT2D eigenvalue weighted by molar-refractivity contribution is 5.86. The highest BCUT2D eigenvalue weighted by Gasteiger charge is 2.12. The van der Waals surface area contributed by atoms with Crippen LogP contribution in [0.3, 0.4) is 0 Å². The molecule has 7 aromatic rings. The van der Waals surface area contributed by atoms with Crippen LogP contribution < -0.4 is 10.7 Å². The number of aromatic hydroxyl groups is 2. The molecule has 0 unspecified atom stereocenters. The van der Waals surface area contributed by atoms with E-state index in [4.69, 9.17) is 18.8 Å². The van der Waals surface area contributed by atoms with Crippen LogP contribution in [0, 0.1) is 0 Å². The second-order valence-corrected chi connectivity index (χ2v) is 9.74. The van der Waals surface area contributed by atoms with Crippen molar-refractivity contribution in [3.63, 3.8) is 0 Å². The van der Waals surface area contributed by atoms with Gasteiger partial charge in [0.15, 0.2) is 0 Å². The zero-order valence-corrected chi connectivity index (χ0v) is 22.3. The van der Waals surface area contributed by atoms with Gasteiger partial charge in [0, 0.05) is 23.3 Å². The van der Waals surface area contributed by atoms with Crippen LogP contribution >= 0.6 is 0 Å². The van der Waals surface area contributed by atoms with Gasteiger partial charge in [0.1, 0.15) is 34.2 Å². The molecule has 0 atom stereocenters. The minimum absolute atomic E-state index is 0.0668. The predicted molar refractivity (Wildman–Crippen MR) is 164 cm³/mol. The first-order valence-corrected chi connectivity index (χ1v) is 13.4. The van der Waals surface area contributed by atoms with E-state index < -0.39 is 0 Å². The summed E-state index contributed by atoms with van der Waals surface area (Å²) in [5.41, 5.74) is 3.96. The van der Waals surface area contributed by atoms with Crippen molar-refractivity contribution in [1.29, 1.82) is 0 Å². The van der Waals surface area contributed by atoms with Crippen molar-refractivity contribution in [1.82, 2.24) is 0 Å². The molecule has 0 bridgehead atoms. The molecule has 0 spiro atoms.